The first-order chi connectivity index (χ1) is 16.0. The fourth-order valence-electron chi connectivity index (χ4n) is 6.32. The average Bonchev–Trinajstić information content (AvgIpc) is 3.57. The molecule has 174 valence electrons. The highest BCUT2D eigenvalue weighted by molar-refractivity contribution is 5.89. The Morgan fingerprint density at radius 1 is 1.09 bits per heavy atom. The van der Waals surface area contributed by atoms with Crippen LogP contribution in [0.4, 0.5) is 4.39 Å². The summed E-state index contributed by atoms with van der Waals surface area (Å²) < 4.78 is 21.3. The van der Waals surface area contributed by atoms with Crippen LogP contribution in [0.1, 0.15) is 35.7 Å². The monoisotopic (exact) mass is 449 g/mol. The van der Waals surface area contributed by atoms with Gasteiger partial charge < -0.3 is 19.3 Å². The zero-order valence-electron chi connectivity index (χ0n) is 19.4. The Kier molecular flexibility index (Phi) is 5.02. The highest BCUT2D eigenvalue weighted by atomic mass is 19.1. The smallest absolute Gasteiger partial charge is 0.123 e. The molecule has 6 rings (SSSR count). The molecule has 3 heterocycles. The number of benzene rings is 2. The predicted molar refractivity (Wildman–Crippen MR) is 127 cm³/mol. The van der Waals surface area contributed by atoms with E-state index >= 15 is 0 Å². The van der Waals surface area contributed by atoms with Gasteiger partial charge in [-0.1, -0.05) is 12.1 Å². The molecule has 2 aromatic carbocycles. The van der Waals surface area contributed by atoms with Crippen molar-refractivity contribution in [3.05, 3.63) is 65.1 Å². The van der Waals surface area contributed by atoms with Crippen LogP contribution in [0.5, 0.6) is 5.75 Å². The van der Waals surface area contributed by atoms with Crippen molar-refractivity contribution in [3.63, 3.8) is 0 Å². The Hall–Kier alpha value is -2.41. The lowest BCUT2D eigenvalue weighted by atomic mass is 9.68. The molecule has 1 spiro atoms. The molecule has 1 aliphatic carbocycles. The number of hydrogen-bond donors (Lipinski definition) is 1. The summed E-state index contributed by atoms with van der Waals surface area (Å²) in [5.41, 5.74) is 4.89. The maximum atomic E-state index is 13.5. The maximum Gasteiger partial charge on any atom is 0.123 e. The SMILES string of the molecule is COc1ccc2c3c(n(C)c2c1)[C@@H](CO)N(Cc1ccc(F)cc1)CC31CN(CC2CC2)C1. The standard InChI is InChI=1S/C27H32FN3O2/c1-29-23-11-21(33-2)9-10-22(23)25-26(29)24(14-32)31(13-19-5-7-20(28)8-6-19)17-27(25)15-30(16-27)12-18-3-4-18/h5-11,18,24,32H,3-4,12-17H2,1-2H3/t24-/m1/s1. The third kappa shape index (κ3) is 3.47. The minimum absolute atomic E-state index is 0.0457. The number of ether oxygens (including phenoxy) is 1. The van der Waals surface area contributed by atoms with Gasteiger partial charge in [-0.15, -0.1) is 0 Å². The number of likely N-dealkylation sites (tertiary alicyclic amines) is 1. The number of aromatic nitrogens is 1. The Bertz CT molecular complexity index is 1180. The lowest BCUT2D eigenvalue weighted by molar-refractivity contribution is -0.0110. The molecule has 0 amide bonds. The van der Waals surface area contributed by atoms with Crippen molar-refractivity contribution in [2.75, 3.05) is 39.9 Å². The summed E-state index contributed by atoms with van der Waals surface area (Å²) in [5, 5.41) is 11.8. The number of rotatable bonds is 6. The number of nitrogens with zero attached hydrogens (tertiary/aromatic N) is 3. The zero-order valence-corrected chi connectivity index (χ0v) is 19.4. The first-order valence-electron chi connectivity index (χ1n) is 12.0. The van der Waals surface area contributed by atoms with Crippen LogP contribution < -0.4 is 4.74 Å². The maximum absolute atomic E-state index is 13.5. The van der Waals surface area contributed by atoms with Crippen LogP contribution in [-0.4, -0.2) is 59.4 Å². The number of fused-ring (bicyclic) bond motifs is 4. The first-order valence-corrected chi connectivity index (χ1v) is 12.0. The summed E-state index contributed by atoms with van der Waals surface area (Å²) in [4.78, 5) is 5.01. The molecule has 3 aromatic rings. The molecule has 1 aromatic heterocycles. The van der Waals surface area contributed by atoms with Crippen LogP contribution in [0.2, 0.25) is 0 Å². The zero-order chi connectivity index (χ0) is 22.7. The highest BCUT2D eigenvalue weighted by Crippen LogP contribution is 2.50. The Morgan fingerprint density at radius 3 is 2.52 bits per heavy atom. The third-order valence-corrected chi connectivity index (χ3v) is 7.98. The predicted octanol–water partition coefficient (Wildman–Crippen LogP) is 3.84. The average molecular weight is 450 g/mol. The van der Waals surface area contributed by atoms with Gasteiger partial charge in [0.1, 0.15) is 11.6 Å². The fraction of sp³-hybridized carbons (Fsp3) is 0.481. The third-order valence-electron chi connectivity index (χ3n) is 7.98. The summed E-state index contributed by atoms with van der Waals surface area (Å²) in [6.45, 7) is 4.96. The molecule has 0 unspecified atom stereocenters. The molecule has 1 saturated heterocycles. The molecule has 3 aliphatic rings. The van der Waals surface area contributed by atoms with Crippen LogP contribution in [0.25, 0.3) is 10.9 Å². The fourth-order valence-corrected chi connectivity index (χ4v) is 6.32. The van der Waals surface area contributed by atoms with Crippen LogP contribution in [0.15, 0.2) is 42.5 Å². The van der Waals surface area contributed by atoms with Crippen molar-refractivity contribution >= 4 is 10.9 Å². The van der Waals surface area contributed by atoms with E-state index in [1.165, 1.54) is 48.2 Å². The number of methoxy groups -OCH3 is 1. The van der Waals surface area contributed by atoms with E-state index in [2.05, 4.69) is 39.6 Å². The van der Waals surface area contributed by atoms with Gasteiger partial charge in [0.2, 0.25) is 0 Å². The van der Waals surface area contributed by atoms with Crippen molar-refractivity contribution in [1.29, 1.82) is 0 Å². The van der Waals surface area contributed by atoms with Crippen LogP contribution >= 0.6 is 0 Å². The molecule has 6 heteroatoms. The lowest BCUT2D eigenvalue weighted by Crippen LogP contribution is -2.66. The van der Waals surface area contributed by atoms with E-state index in [0.717, 1.165) is 42.4 Å². The second-order valence-electron chi connectivity index (χ2n) is 10.3. The van der Waals surface area contributed by atoms with Gasteiger partial charge in [-0.05, 0) is 54.2 Å². The largest absolute Gasteiger partial charge is 0.497 e. The summed E-state index contributed by atoms with van der Waals surface area (Å²) in [7, 11) is 3.81. The van der Waals surface area contributed by atoms with E-state index in [-0.39, 0.29) is 23.9 Å². The number of hydrogen-bond acceptors (Lipinski definition) is 4. The van der Waals surface area contributed by atoms with E-state index in [9.17, 15) is 9.50 Å². The summed E-state index contributed by atoms with van der Waals surface area (Å²) in [6, 6.07) is 13.0. The molecule has 1 atom stereocenters. The van der Waals surface area contributed by atoms with Gasteiger partial charge in [0, 0.05) is 62.3 Å². The van der Waals surface area contributed by atoms with E-state index in [4.69, 9.17) is 4.74 Å². The minimum Gasteiger partial charge on any atom is -0.497 e. The Labute approximate surface area is 194 Å². The van der Waals surface area contributed by atoms with Gasteiger partial charge in [-0.2, -0.15) is 0 Å². The number of halogens is 1. The Morgan fingerprint density at radius 2 is 1.85 bits per heavy atom. The van der Waals surface area contributed by atoms with E-state index in [1.54, 1.807) is 7.11 Å². The molecule has 0 bridgehead atoms. The highest BCUT2D eigenvalue weighted by Gasteiger charge is 2.53. The summed E-state index contributed by atoms with van der Waals surface area (Å²) >= 11 is 0. The van der Waals surface area contributed by atoms with Gasteiger partial charge in [0.15, 0.2) is 0 Å². The van der Waals surface area contributed by atoms with Gasteiger partial charge in [0.25, 0.3) is 0 Å². The van der Waals surface area contributed by atoms with Gasteiger partial charge >= 0.3 is 0 Å². The summed E-state index contributed by atoms with van der Waals surface area (Å²) in [5.74, 6) is 1.51. The van der Waals surface area contributed by atoms with Gasteiger partial charge in [-0.25, -0.2) is 4.39 Å². The molecule has 2 fully saturated rings. The van der Waals surface area contributed by atoms with Crippen LogP contribution in [0, 0.1) is 11.7 Å². The number of aliphatic hydroxyl groups is 1. The van der Waals surface area contributed by atoms with Crippen LogP contribution in [-0.2, 0) is 19.0 Å². The topological polar surface area (TPSA) is 40.9 Å². The van der Waals surface area contributed by atoms with E-state index in [0.29, 0.717) is 6.54 Å². The summed E-state index contributed by atoms with van der Waals surface area (Å²) in [6.07, 6.45) is 2.73. The van der Waals surface area contributed by atoms with Gasteiger partial charge in [-0.3, -0.25) is 4.90 Å². The van der Waals surface area contributed by atoms with Crippen molar-refractivity contribution in [3.8, 4) is 5.75 Å². The first kappa shape index (κ1) is 21.1. The lowest BCUT2D eigenvalue weighted by Gasteiger charge is -2.56. The minimum atomic E-state index is -0.216. The molecule has 1 saturated carbocycles. The quantitative estimate of drug-likeness (QED) is 0.621. The number of aliphatic hydroxyl groups excluding tert-OH is 1. The molecule has 5 nitrogen and oxygen atoms in total. The van der Waals surface area contributed by atoms with Gasteiger partial charge in [0.05, 0.1) is 25.3 Å². The second-order valence-corrected chi connectivity index (χ2v) is 10.3. The van der Waals surface area contributed by atoms with E-state index < -0.39 is 0 Å². The second kappa shape index (κ2) is 7.83. The van der Waals surface area contributed by atoms with E-state index in [1.807, 2.05) is 12.1 Å². The van der Waals surface area contributed by atoms with Crippen molar-refractivity contribution in [1.82, 2.24) is 14.4 Å². The molecular formula is C27H32FN3O2. The van der Waals surface area contributed by atoms with Crippen LogP contribution in [0.3, 0.4) is 0 Å². The van der Waals surface area contributed by atoms with Crippen molar-refractivity contribution in [2.45, 2.75) is 30.8 Å². The van der Waals surface area contributed by atoms with Crippen molar-refractivity contribution in [2.24, 2.45) is 13.0 Å². The molecule has 1 N–H and O–H groups in total. The molecule has 0 radical (unpaired) electrons. The molecular weight excluding hydrogens is 417 g/mol. The molecule has 2 aliphatic heterocycles. The molecule has 33 heavy (non-hydrogen) atoms. The number of aryl methyl sites for hydroxylation is 1. The normalized spacial score (nSPS) is 22.5. The Balaban J connectivity index is 1.44. The van der Waals surface area contributed by atoms with Crippen molar-refractivity contribution < 1.29 is 14.2 Å².